The molecule has 19 heteroatoms. The molecule has 0 aliphatic rings. The van der Waals surface area contributed by atoms with Gasteiger partial charge in [0.25, 0.3) is 0 Å². The van der Waals surface area contributed by atoms with Gasteiger partial charge in [-0.25, -0.2) is 4.79 Å². The van der Waals surface area contributed by atoms with Crippen LogP contribution in [0.25, 0.3) is 0 Å². The first kappa shape index (κ1) is 73.2. The van der Waals surface area contributed by atoms with E-state index in [1.54, 1.807) is 7.11 Å². The molecule has 0 radical (unpaired) electrons. The first-order chi connectivity index (χ1) is 35.9. The summed E-state index contributed by atoms with van der Waals surface area (Å²) in [6.07, 6.45) is 3.38. The van der Waals surface area contributed by atoms with Crippen LogP contribution >= 0.6 is 0 Å². The fourth-order valence-electron chi connectivity index (χ4n) is 7.53. The number of carbonyl (C=O) groups is 9. The number of rotatable bonds is 40. The predicted molar refractivity (Wildman–Crippen MR) is 300 cm³/mol. The smallest absolute Gasteiger partial charge is 0.407 e. The second-order valence-corrected chi connectivity index (χ2v) is 19.2. The molecule has 2 rings (SSSR count). The van der Waals surface area contributed by atoms with Gasteiger partial charge in [0.2, 0.25) is 23.6 Å². The third kappa shape index (κ3) is 36.7. The number of methoxy groups -OCH3 is 1. The average Bonchev–Trinajstić information content (AvgIpc) is 3.39. The standard InChI is InChI=1S/C34H55N3O9.C22H33N3O4.2CH4/c1-5-6-16-44-20-21-46-34(42)36-25-29(38)24-28(23-27-11-8-7-9-12-27)33(41)37-30(22-26(2)3)31(39)13-14-32(40)35-15-10-17-45-19-18-43-4;1-15(2)11-19(20(27)9-10-21(28)24-3)25-22(29)17(13-18(26)14-23)12-16-7-5-4-6-8-16;;/h7-9,11-12,26,28,30H,5-6,10,13-25H2,1-4H3,(H,35,40)(H,36,42)(H,37,41);4-8,15,17,19H,9-14,23H2,1-3H3,(H,24,28)(H,25,29);2*1H4. The van der Waals surface area contributed by atoms with Gasteiger partial charge in [-0.3, -0.25) is 38.4 Å². The summed E-state index contributed by atoms with van der Waals surface area (Å²) in [7, 11) is 3.11. The molecule has 0 bridgehead atoms. The second kappa shape index (κ2) is 45.2. The number of Topliss-reactive ketones (excluding diaryl/α,β-unsaturated/α-hetero) is 4. The molecule has 5 amide bonds. The Morgan fingerprint density at radius 1 is 0.571 bits per heavy atom. The van der Waals surface area contributed by atoms with Crippen molar-refractivity contribution in [3.05, 3.63) is 71.8 Å². The van der Waals surface area contributed by atoms with E-state index in [0.717, 1.165) is 24.0 Å². The molecule has 4 unspecified atom stereocenters. The lowest BCUT2D eigenvalue weighted by molar-refractivity contribution is -0.133. The first-order valence-electron chi connectivity index (χ1n) is 26.4. The summed E-state index contributed by atoms with van der Waals surface area (Å²) in [4.78, 5) is 113. The molecule has 77 heavy (non-hydrogen) atoms. The lowest BCUT2D eigenvalue weighted by atomic mass is 9.91. The molecule has 2 aromatic rings. The molecule has 436 valence electrons. The molecule has 0 aromatic heterocycles. The highest BCUT2D eigenvalue weighted by Crippen LogP contribution is 2.18. The molecule has 0 fully saturated rings. The van der Waals surface area contributed by atoms with Crippen molar-refractivity contribution in [2.75, 3.05) is 73.4 Å². The number of amides is 5. The van der Waals surface area contributed by atoms with Crippen LogP contribution in [0.3, 0.4) is 0 Å². The van der Waals surface area contributed by atoms with Gasteiger partial charge in [0.05, 0.1) is 45.0 Å². The molecule has 4 atom stereocenters. The maximum atomic E-state index is 13.5. The van der Waals surface area contributed by atoms with Crippen LogP contribution in [0.5, 0.6) is 0 Å². The summed E-state index contributed by atoms with van der Waals surface area (Å²) < 4.78 is 20.7. The van der Waals surface area contributed by atoms with Crippen LogP contribution in [0.4, 0.5) is 4.79 Å². The van der Waals surface area contributed by atoms with Crippen LogP contribution in [0.15, 0.2) is 60.7 Å². The molecule has 0 heterocycles. The monoisotopic (exact) mass is 1080 g/mol. The Bertz CT molecular complexity index is 1990. The summed E-state index contributed by atoms with van der Waals surface area (Å²) in [5.74, 6) is -3.29. The SMILES string of the molecule is C.C.CCCCOCCOC(=O)NCC(=O)CC(Cc1ccccc1)C(=O)NC(CC(C)C)C(=O)CCC(=O)NCCCOCCOC.CNC(=O)CCC(=O)C(CC(C)C)NC(=O)C(CC(=O)CN)Cc1ccccc1. The highest BCUT2D eigenvalue weighted by Gasteiger charge is 2.30. The minimum atomic E-state index is -0.796. The Balaban J connectivity index is 0. The Labute approximate surface area is 459 Å². The lowest BCUT2D eigenvalue weighted by Crippen LogP contribution is -2.46. The van der Waals surface area contributed by atoms with Crippen molar-refractivity contribution < 1.29 is 62.1 Å². The molecule has 0 saturated heterocycles. The first-order valence-corrected chi connectivity index (χ1v) is 26.4. The summed E-state index contributed by atoms with van der Waals surface area (Å²) >= 11 is 0. The Kier molecular flexibility index (Phi) is 42.9. The fourth-order valence-corrected chi connectivity index (χ4v) is 7.53. The largest absolute Gasteiger partial charge is 0.447 e. The van der Waals surface area contributed by atoms with E-state index in [-0.39, 0.29) is 139 Å². The summed E-state index contributed by atoms with van der Waals surface area (Å²) in [5.41, 5.74) is 7.23. The van der Waals surface area contributed by atoms with E-state index in [9.17, 15) is 43.2 Å². The summed E-state index contributed by atoms with van der Waals surface area (Å²) in [6, 6.07) is 17.2. The van der Waals surface area contributed by atoms with Crippen molar-refractivity contribution in [2.24, 2.45) is 29.4 Å². The van der Waals surface area contributed by atoms with E-state index >= 15 is 0 Å². The van der Waals surface area contributed by atoms with Crippen molar-refractivity contribution in [3.63, 3.8) is 0 Å². The molecule has 0 aliphatic carbocycles. The number of ketones is 4. The zero-order valence-electron chi connectivity index (χ0n) is 45.7. The molecule has 7 N–H and O–H groups in total. The van der Waals surface area contributed by atoms with Crippen LogP contribution in [0.2, 0.25) is 0 Å². The normalized spacial score (nSPS) is 12.2. The van der Waals surface area contributed by atoms with E-state index in [1.165, 1.54) is 7.05 Å². The number of benzene rings is 2. The van der Waals surface area contributed by atoms with Crippen LogP contribution in [-0.4, -0.2) is 138 Å². The van der Waals surface area contributed by atoms with Gasteiger partial charge in [0.1, 0.15) is 12.4 Å². The number of unbranched alkanes of at least 4 members (excludes halogenated alkanes) is 1. The van der Waals surface area contributed by atoms with Gasteiger partial charge in [-0.1, -0.05) is 117 Å². The van der Waals surface area contributed by atoms with Crippen molar-refractivity contribution in [1.82, 2.24) is 26.6 Å². The van der Waals surface area contributed by atoms with Crippen molar-refractivity contribution in [2.45, 2.75) is 145 Å². The third-order valence-corrected chi connectivity index (χ3v) is 11.6. The maximum absolute atomic E-state index is 13.5. The van der Waals surface area contributed by atoms with Gasteiger partial charge in [-0.05, 0) is 61.5 Å². The summed E-state index contributed by atoms with van der Waals surface area (Å²) in [6.45, 7) is 12.3. The van der Waals surface area contributed by atoms with Gasteiger partial charge in [-0.2, -0.15) is 0 Å². The van der Waals surface area contributed by atoms with Gasteiger partial charge < -0.3 is 51.3 Å². The Morgan fingerprint density at radius 2 is 1.04 bits per heavy atom. The van der Waals surface area contributed by atoms with E-state index in [2.05, 4.69) is 33.5 Å². The highest BCUT2D eigenvalue weighted by atomic mass is 16.6. The minimum absolute atomic E-state index is 0. The van der Waals surface area contributed by atoms with E-state index in [0.29, 0.717) is 58.7 Å². The zero-order valence-corrected chi connectivity index (χ0v) is 45.7. The summed E-state index contributed by atoms with van der Waals surface area (Å²) in [5, 5.41) is 13.4. The lowest BCUT2D eigenvalue weighted by Gasteiger charge is -2.23. The van der Waals surface area contributed by atoms with Crippen LogP contribution in [0.1, 0.15) is 131 Å². The molecule has 0 aliphatic heterocycles. The quantitative estimate of drug-likeness (QED) is 0.0414. The number of hydrogen-bond donors (Lipinski definition) is 6. The molecule has 19 nitrogen and oxygen atoms in total. The molecule has 0 saturated carbocycles. The molecule has 2 aromatic carbocycles. The number of alkyl carbamates (subject to hydrolysis) is 1. The number of nitrogens with two attached hydrogens (primary N) is 1. The van der Waals surface area contributed by atoms with E-state index < -0.39 is 35.9 Å². The van der Waals surface area contributed by atoms with Gasteiger partial charge in [-0.15, -0.1) is 0 Å². The van der Waals surface area contributed by atoms with Gasteiger partial charge >= 0.3 is 6.09 Å². The number of nitrogens with one attached hydrogen (secondary N) is 5. The van der Waals surface area contributed by atoms with Crippen LogP contribution < -0.4 is 32.3 Å². The van der Waals surface area contributed by atoms with Crippen LogP contribution in [-0.2, 0) is 70.1 Å². The Hall–Kier alpha value is -5.89. The number of hydrogen-bond acceptors (Lipinski definition) is 14. The van der Waals surface area contributed by atoms with Gasteiger partial charge in [0.15, 0.2) is 17.3 Å². The topological polar surface area (TPSA) is 277 Å². The zero-order chi connectivity index (χ0) is 55.8. The minimum Gasteiger partial charge on any atom is -0.447 e. The fraction of sp³-hybridized carbons (Fsp3) is 0.638. The Morgan fingerprint density at radius 3 is 1.49 bits per heavy atom. The maximum Gasteiger partial charge on any atom is 0.407 e. The molecule has 0 spiro atoms. The number of carbonyl (C=O) groups excluding carboxylic acids is 9. The van der Waals surface area contributed by atoms with Crippen LogP contribution in [0, 0.1) is 23.7 Å². The highest BCUT2D eigenvalue weighted by molar-refractivity contribution is 5.95. The molecular formula is C58H96N6O13. The predicted octanol–water partition coefficient (Wildman–Crippen LogP) is 6.06. The molecular weight excluding hydrogens is 989 g/mol. The van der Waals surface area contributed by atoms with Crippen molar-refractivity contribution >= 4 is 52.9 Å². The van der Waals surface area contributed by atoms with Gasteiger partial charge in [0, 0.05) is 84.3 Å². The third-order valence-electron chi connectivity index (χ3n) is 11.6. The second-order valence-electron chi connectivity index (χ2n) is 19.2. The van der Waals surface area contributed by atoms with Crippen molar-refractivity contribution in [3.8, 4) is 0 Å². The van der Waals surface area contributed by atoms with E-state index in [1.807, 2.05) is 88.4 Å². The number of ether oxygens (including phenoxy) is 4. The van der Waals surface area contributed by atoms with Crippen molar-refractivity contribution in [1.29, 1.82) is 0 Å². The average molecular weight is 1090 g/mol. The van der Waals surface area contributed by atoms with E-state index in [4.69, 9.17) is 24.7 Å².